The number of hydrogen-bond donors (Lipinski definition) is 1. The zero-order valence-electron chi connectivity index (χ0n) is 9.36. The fourth-order valence-electron chi connectivity index (χ4n) is 2.27. The Labute approximate surface area is 113 Å². The Morgan fingerprint density at radius 3 is 2.47 bits per heavy atom. The second-order valence-corrected chi connectivity index (χ2v) is 6.79. The predicted octanol–water partition coefficient (Wildman–Crippen LogP) is 3.81. The SMILES string of the molecule is C=C(c1ncc(Br)s1)C1CCC(C(=O)O)CC1. The fourth-order valence-corrected chi connectivity index (χ4v) is 3.52. The van der Waals surface area contributed by atoms with Crippen LogP contribution in [0.2, 0.25) is 0 Å². The third-order valence-electron chi connectivity index (χ3n) is 3.32. The molecule has 92 valence electrons. The Hall–Kier alpha value is -0.680. The lowest BCUT2D eigenvalue weighted by molar-refractivity contribution is -0.142. The zero-order chi connectivity index (χ0) is 12.4. The first-order valence-corrected chi connectivity index (χ1v) is 7.22. The molecule has 0 spiro atoms. The molecule has 0 aromatic carbocycles. The maximum Gasteiger partial charge on any atom is 0.306 e. The van der Waals surface area contributed by atoms with Crippen LogP contribution in [-0.4, -0.2) is 16.1 Å². The van der Waals surface area contributed by atoms with Gasteiger partial charge in [-0.2, -0.15) is 0 Å². The Kier molecular flexibility index (Phi) is 3.99. The Morgan fingerprint density at radius 2 is 2.00 bits per heavy atom. The summed E-state index contributed by atoms with van der Waals surface area (Å²) in [7, 11) is 0. The van der Waals surface area contributed by atoms with Crippen LogP contribution in [0.25, 0.3) is 5.57 Å². The molecule has 0 aliphatic heterocycles. The first kappa shape index (κ1) is 12.8. The van der Waals surface area contributed by atoms with E-state index in [1.165, 1.54) is 0 Å². The molecule has 1 heterocycles. The number of carbonyl (C=O) groups is 1. The minimum atomic E-state index is -0.661. The van der Waals surface area contributed by atoms with Gasteiger partial charge in [0.15, 0.2) is 0 Å². The third-order valence-corrected chi connectivity index (χ3v) is 4.87. The maximum atomic E-state index is 10.9. The van der Waals surface area contributed by atoms with Crippen molar-refractivity contribution >= 4 is 38.8 Å². The molecule has 5 heteroatoms. The van der Waals surface area contributed by atoms with Crippen molar-refractivity contribution in [3.8, 4) is 0 Å². The van der Waals surface area contributed by atoms with Gasteiger partial charge in [-0.15, -0.1) is 11.3 Å². The topological polar surface area (TPSA) is 50.2 Å². The van der Waals surface area contributed by atoms with Crippen LogP contribution in [0.5, 0.6) is 0 Å². The molecular formula is C12H14BrNO2S. The average Bonchev–Trinajstić information content (AvgIpc) is 2.75. The van der Waals surface area contributed by atoms with Gasteiger partial charge in [0.2, 0.25) is 0 Å². The zero-order valence-corrected chi connectivity index (χ0v) is 11.8. The number of aromatic nitrogens is 1. The second-order valence-electron chi connectivity index (χ2n) is 4.38. The summed E-state index contributed by atoms with van der Waals surface area (Å²) in [6.07, 6.45) is 5.12. The van der Waals surface area contributed by atoms with Crippen LogP contribution in [0.1, 0.15) is 30.7 Å². The Morgan fingerprint density at radius 1 is 1.41 bits per heavy atom. The number of rotatable bonds is 3. The summed E-state index contributed by atoms with van der Waals surface area (Å²) in [4.78, 5) is 15.2. The number of aliphatic carboxylic acids is 1. The molecule has 0 unspecified atom stereocenters. The summed E-state index contributed by atoms with van der Waals surface area (Å²) in [6.45, 7) is 4.11. The molecular weight excluding hydrogens is 302 g/mol. The molecule has 1 fully saturated rings. The molecule has 1 N–H and O–H groups in total. The van der Waals surface area contributed by atoms with Crippen molar-refractivity contribution in [2.75, 3.05) is 0 Å². The molecule has 1 aliphatic rings. The van der Waals surface area contributed by atoms with E-state index in [0.29, 0.717) is 5.92 Å². The lowest BCUT2D eigenvalue weighted by Crippen LogP contribution is -2.21. The van der Waals surface area contributed by atoms with E-state index >= 15 is 0 Å². The van der Waals surface area contributed by atoms with Crippen LogP contribution in [-0.2, 0) is 4.79 Å². The van der Waals surface area contributed by atoms with Crippen LogP contribution >= 0.6 is 27.3 Å². The second kappa shape index (κ2) is 5.31. The van der Waals surface area contributed by atoms with E-state index in [2.05, 4.69) is 27.5 Å². The van der Waals surface area contributed by atoms with E-state index in [-0.39, 0.29) is 5.92 Å². The summed E-state index contributed by atoms with van der Waals surface area (Å²) in [5.74, 6) is -0.434. The van der Waals surface area contributed by atoms with Crippen LogP contribution in [0.3, 0.4) is 0 Å². The van der Waals surface area contributed by atoms with Crippen LogP contribution in [0.4, 0.5) is 0 Å². The smallest absolute Gasteiger partial charge is 0.306 e. The average molecular weight is 316 g/mol. The monoisotopic (exact) mass is 315 g/mol. The fraction of sp³-hybridized carbons (Fsp3) is 0.500. The summed E-state index contributed by atoms with van der Waals surface area (Å²) in [5, 5.41) is 9.91. The lowest BCUT2D eigenvalue weighted by atomic mass is 9.79. The number of halogens is 1. The van der Waals surface area contributed by atoms with E-state index in [1.807, 2.05) is 0 Å². The number of thiazole rings is 1. The van der Waals surface area contributed by atoms with Crippen molar-refractivity contribution in [2.24, 2.45) is 11.8 Å². The van der Waals surface area contributed by atoms with Gasteiger partial charge in [0.1, 0.15) is 5.01 Å². The summed E-state index contributed by atoms with van der Waals surface area (Å²) in [6, 6.07) is 0. The Balaban J connectivity index is 1.97. The largest absolute Gasteiger partial charge is 0.481 e. The van der Waals surface area contributed by atoms with Gasteiger partial charge in [-0.1, -0.05) is 6.58 Å². The maximum absolute atomic E-state index is 10.9. The van der Waals surface area contributed by atoms with Crippen molar-refractivity contribution in [3.05, 3.63) is 21.6 Å². The molecule has 1 aromatic rings. The van der Waals surface area contributed by atoms with Crippen LogP contribution < -0.4 is 0 Å². The number of carboxylic acid groups (broad SMARTS) is 1. The van der Waals surface area contributed by atoms with Crippen molar-refractivity contribution < 1.29 is 9.90 Å². The highest BCUT2D eigenvalue weighted by atomic mass is 79.9. The minimum Gasteiger partial charge on any atom is -0.481 e. The van der Waals surface area contributed by atoms with Gasteiger partial charge >= 0.3 is 5.97 Å². The highest BCUT2D eigenvalue weighted by Gasteiger charge is 2.28. The van der Waals surface area contributed by atoms with Crippen molar-refractivity contribution in [3.63, 3.8) is 0 Å². The van der Waals surface area contributed by atoms with E-state index in [4.69, 9.17) is 5.11 Å². The molecule has 3 nitrogen and oxygen atoms in total. The van der Waals surface area contributed by atoms with E-state index in [1.54, 1.807) is 17.5 Å². The summed E-state index contributed by atoms with van der Waals surface area (Å²) < 4.78 is 1.01. The van der Waals surface area contributed by atoms with Gasteiger partial charge in [-0.25, -0.2) is 4.98 Å². The van der Waals surface area contributed by atoms with Crippen molar-refractivity contribution in [1.82, 2.24) is 4.98 Å². The lowest BCUT2D eigenvalue weighted by Gasteiger charge is -2.26. The molecule has 0 radical (unpaired) electrons. The molecule has 1 saturated carbocycles. The molecule has 0 bridgehead atoms. The highest BCUT2D eigenvalue weighted by molar-refractivity contribution is 9.11. The highest BCUT2D eigenvalue weighted by Crippen LogP contribution is 2.38. The minimum absolute atomic E-state index is 0.165. The van der Waals surface area contributed by atoms with Gasteiger partial charge < -0.3 is 5.11 Å². The van der Waals surface area contributed by atoms with Crippen LogP contribution in [0.15, 0.2) is 16.6 Å². The number of allylic oxidation sites excluding steroid dienone is 1. The van der Waals surface area contributed by atoms with Gasteiger partial charge in [0.05, 0.1) is 15.9 Å². The first-order valence-electron chi connectivity index (χ1n) is 5.61. The standard InChI is InChI=1S/C12H14BrNO2S/c1-7(11-14-6-10(13)17-11)8-2-4-9(5-3-8)12(15)16/h6,8-9H,1-5H2,(H,15,16). The van der Waals surface area contributed by atoms with Gasteiger partial charge in [-0.3, -0.25) is 4.79 Å². The third kappa shape index (κ3) is 2.96. The molecule has 0 saturated heterocycles. The molecule has 0 atom stereocenters. The van der Waals surface area contributed by atoms with E-state index in [0.717, 1.165) is 40.1 Å². The number of nitrogens with zero attached hydrogens (tertiary/aromatic N) is 1. The molecule has 17 heavy (non-hydrogen) atoms. The molecule has 0 amide bonds. The van der Waals surface area contributed by atoms with Gasteiger partial charge in [0.25, 0.3) is 0 Å². The normalized spacial score (nSPS) is 24.5. The first-order chi connectivity index (χ1) is 8.08. The number of hydrogen-bond acceptors (Lipinski definition) is 3. The molecule has 1 aromatic heterocycles. The molecule has 1 aliphatic carbocycles. The van der Waals surface area contributed by atoms with Crippen molar-refractivity contribution in [1.29, 1.82) is 0 Å². The van der Waals surface area contributed by atoms with Crippen molar-refractivity contribution in [2.45, 2.75) is 25.7 Å². The van der Waals surface area contributed by atoms with E-state index in [9.17, 15) is 4.79 Å². The van der Waals surface area contributed by atoms with Gasteiger partial charge in [0, 0.05) is 0 Å². The van der Waals surface area contributed by atoms with E-state index < -0.39 is 5.97 Å². The summed E-state index contributed by atoms with van der Waals surface area (Å²) in [5.41, 5.74) is 1.06. The Bertz CT molecular complexity index is 435. The molecule has 2 rings (SSSR count). The van der Waals surface area contributed by atoms with Gasteiger partial charge in [-0.05, 0) is 53.1 Å². The summed E-state index contributed by atoms with van der Waals surface area (Å²) >= 11 is 4.98. The van der Waals surface area contributed by atoms with Crippen LogP contribution in [0, 0.1) is 11.8 Å². The number of carboxylic acids is 1. The quantitative estimate of drug-likeness (QED) is 0.922. The predicted molar refractivity (Wildman–Crippen MR) is 71.9 cm³/mol.